The Bertz CT molecular complexity index is 463. The number of carbonyl (C=O) groups is 1. The number of rotatable bonds is 2. The van der Waals surface area contributed by atoms with Crippen molar-refractivity contribution in [3.05, 3.63) is 33.3 Å². The van der Waals surface area contributed by atoms with Gasteiger partial charge < -0.3 is 4.90 Å². The van der Waals surface area contributed by atoms with Crippen molar-refractivity contribution in [2.75, 3.05) is 0 Å². The van der Waals surface area contributed by atoms with Crippen LogP contribution in [0.4, 0.5) is 0 Å². The van der Waals surface area contributed by atoms with E-state index in [9.17, 15) is 4.79 Å². The van der Waals surface area contributed by atoms with Gasteiger partial charge in [-0.2, -0.15) is 0 Å². The van der Waals surface area contributed by atoms with Crippen LogP contribution in [-0.2, 0) is 0 Å². The molecule has 1 aromatic carbocycles. The zero-order chi connectivity index (χ0) is 13.3. The van der Waals surface area contributed by atoms with Gasteiger partial charge >= 0.3 is 0 Å². The lowest BCUT2D eigenvalue weighted by atomic mass is 10.1. The number of hydrogen-bond donors (Lipinski definition) is 0. The van der Waals surface area contributed by atoms with Gasteiger partial charge in [0.25, 0.3) is 5.91 Å². The lowest BCUT2D eigenvalue weighted by Crippen LogP contribution is -2.39. The van der Waals surface area contributed by atoms with E-state index in [0.29, 0.717) is 22.7 Å². The van der Waals surface area contributed by atoms with Gasteiger partial charge in [0, 0.05) is 22.1 Å². The maximum Gasteiger partial charge on any atom is 0.254 e. The summed E-state index contributed by atoms with van der Waals surface area (Å²) in [6, 6.07) is 6.08. The van der Waals surface area contributed by atoms with Gasteiger partial charge in [-0.25, -0.2) is 0 Å². The number of nitrogens with zero attached hydrogens (tertiary/aromatic N) is 1. The molecular formula is C14H17BrClNO. The number of halogens is 2. The van der Waals surface area contributed by atoms with E-state index in [1.807, 2.05) is 11.0 Å². The SMILES string of the molecule is CCC1CCC(C)N1C(=O)c1ccc(Cl)c(Br)c1. The van der Waals surface area contributed by atoms with Crippen molar-refractivity contribution in [3.8, 4) is 0 Å². The minimum absolute atomic E-state index is 0.115. The van der Waals surface area contributed by atoms with Crippen molar-refractivity contribution < 1.29 is 4.79 Å². The molecule has 1 heterocycles. The molecule has 0 aromatic heterocycles. The maximum absolute atomic E-state index is 12.6. The third-order valence-electron chi connectivity index (χ3n) is 3.66. The second kappa shape index (κ2) is 5.62. The lowest BCUT2D eigenvalue weighted by Gasteiger charge is -2.28. The summed E-state index contributed by atoms with van der Waals surface area (Å²) in [6.07, 6.45) is 3.22. The van der Waals surface area contributed by atoms with Crippen molar-refractivity contribution in [1.29, 1.82) is 0 Å². The van der Waals surface area contributed by atoms with Gasteiger partial charge in [0.1, 0.15) is 0 Å². The molecule has 0 spiro atoms. The van der Waals surface area contributed by atoms with E-state index in [1.165, 1.54) is 0 Å². The Morgan fingerprint density at radius 1 is 1.50 bits per heavy atom. The molecule has 0 bridgehead atoms. The van der Waals surface area contributed by atoms with Crippen molar-refractivity contribution in [2.24, 2.45) is 0 Å². The standard InChI is InChI=1S/C14H17BrClNO/c1-3-11-6-4-9(2)17(11)14(18)10-5-7-13(16)12(15)8-10/h5,7-9,11H,3-4,6H2,1-2H3. The van der Waals surface area contributed by atoms with E-state index in [1.54, 1.807) is 12.1 Å². The monoisotopic (exact) mass is 329 g/mol. The maximum atomic E-state index is 12.6. The van der Waals surface area contributed by atoms with Crippen LogP contribution in [0.25, 0.3) is 0 Å². The van der Waals surface area contributed by atoms with Crippen LogP contribution in [0.2, 0.25) is 5.02 Å². The zero-order valence-corrected chi connectivity index (χ0v) is 13.0. The van der Waals surface area contributed by atoms with Crippen LogP contribution in [0.15, 0.2) is 22.7 Å². The Morgan fingerprint density at radius 2 is 2.22 bits per heavy atom. The van der Waals surface area contributed by atoms with Crippen molar-refractivity contribution in [2.45, 2.75) is 45.2 Å². The van der Waals surface area contributed by atoms with E-state index >= 15 is 0 Å². The summed E-state index contributed by atoms with van der Waals surface area (Å²) in [5.74, 6) is 0.115. The van der Waals surface area contributed by atoms with E-state index in [0.717, 1.165) is 23.7 Å². The molecule has 98 valence electrons. The fourth-order valence-corrected chi connectivity index (χ4v) is 3.11. The minimum Gasteiger partial charge on any atom is -0.333 e. The van der Waals surface area contributed by atoms with Gasteiger partial charge in [-0.1, -0.05) is 18.5 Å². The highest BCUT2D eigenvalue weighted by Gasteiger charge is 2.33. The topological polar surface area (TPSA) is 20.3 Å². The summed E-state index contributed by atoms with van der Waals surface area (Å²) in [5.41, 5.74) is 0.707. The molecule has 2 unspecified atom stereocenters. The molecule has 1 aromatic rings. The Labute approximate surface area is 121 Å². The number of carbonyl (C=O) groups excluding carboxylic acids is 1. The first-order chi connectivity index (χ1) is 8.54. The van der Waals surface area contributed by atoms with Gasteiger partial charge in [0.05, 0.1) is 5.02 Å². The molecular weight excluding hydrogens is 314 g/mol. The molecule has 0 aliphatic carbocycles. The summed E-state index contributed by atoms with van der Waals surface area (Å²) in [7, 11) is 0. The summed E-state index contributed by atoms with van der Waals surface area (Å²) in [5, 5.41) is 0.632. The third kappa shape index (κ3) is 2.57. The van der Waals surface area contributed by atoms with Gasteiger partial charge in [-0.3, -0.25) is 4.79 Å². The second-order valence-electron chi connectivity index (χ2n) is 4.83. The molecule has 18 heavy (non-hydrogen) atoms. The van der Waals surface area contributed by atoms with Crippen LogP contribution in [0.1, 0.15) is 43.5 Å². The predicted molar refractivity (Wildman–Crippen MR) is 78.1 cm³/mol. The Morgan fingerprint density at radius 3 is 2.83 bits per heavy atom. The van der Waals surface area contributed by atoms with Gasteiger partial charge in [-0.15, -0.1) is 0 Å². The quantitative estimate of drug-likeness (QED) is 0.781. The lowest BCUT2D eigenvalue weighted by molar-refractivity contribution is 0.0676. The summed E-state index contributed by atoms with van der Waals surface area (Å²) < 4.78 is 0.773. The largest absolute Gasteiger partial charge is 0.333 e. The molecule has 1 fully saturated rings. The van der Waals surface area contributed by atoms with Crippen LogP contribution < -0.4 is 0 Å². The normalized spacial score (nSPS) is 23.4. The van der Waals surface area contributed by atoms with Crippen LogP contribution in [0.5, 0.6) is 0 Å². The average molecular weight is 331 g/mol. The highest BCUT2D eigenvalue weighted by Crippen LogP contribution is 2.29. The molecule has 1 amide bonds. The smallest absolute Gasteiger partial charge is 0.254 e. The van der Waals surface area contributed by atoms with Crippen molar-refractivity contribution in [3.63, 3.8) is 0 Å². The molecule has 2 atom stereocenters. The van der Waals surface area contributed by atoms with E-state index in [-0.39, 0.29) is 5.91 Å². The van der Waals surface area contributed by atoms with E-state index in [2.05, 4.69) is 29.8 Å². The van der Waals surface area contributed by atoms with Crippen LogP contribution in [0, 0.1) is 0 Å². The number of amides is 1. The number of likely N-dealkylation sites (tertiary alicyclic amines) is 1. The van der Waals surface area contributed by atoms with Gasteiger partial charge in [0.2, 0.25) is 0 Å². The number of hydrogen-bond acceptors (Lipinski definition) is 1. The van der Waals surface area contributed by atoms with Gasteiger partial charge in [-0.05, 0) is 60.3 Å². The molecule has 1 aliphatic rings. The minimum atomic E-state index is 0.115. The van der Waals surface area contributed by atoms with Crippen LogP contribution >= 0.6 is 27.5 Å². The molecule has 0 radical (unpaired) electrons. The molecule has 1 aliphatic heterocycles. The highest BCUT2D eigenvalue weighted by molar-refractivity contribution is 9.10. The molecule has 0 N–H and O–H groups in total. The highest BCUT2D eigenvalue weighted by atomic mass is 79.9. The first kappa shape index (κ1) is 13.9. The van der Waals surface area contributed by atoms with E-state index in [4.69, 9.17) is 11.6 Å². The molecule has 2 nitrogen and oxygen atoms in total. The predicted octanol–water partition coefficient (Wildman–Crippen LogP) is 4.51. The first-order valence-corrected chi connectivity index (χ1v) is 7.49. The summed E-state index contributed by atoms with van der Waals surface area (Å²) >= 11 is 9.33. The Hall–Kier alpha value is -0.540. The second-order valence-corrected chi connectivity index (χ2v) is 6.09. The fourth-order valence-electron chi connectivity index (χ4n) is 2.62. The molecule has 1 saturated heterocycles. The molecule has 0 saturated carbocycles. The molecule has 4 heteroatoms. The fraction of sp³-hybridized carbons (Fsp3) is 0.500. The van der Waals surface area contributed by atoms with Crippen molar-refractivity contribution >= 4 is 33.4 Å². The zero-order valence-electron chi connectivity index (χ0n) is 10.6. The van der Waals surface area contributed by atoms with Crippen LogP contribution in [-0.4, -0.2) is 22.9 Å². The van der Waals surface area contributed by atoms with E-state index < -0.39 is 0 Å². The van der Waals surface area contributed by atoms with Gasteiger partial charge in [0.15, 0.2) is 0 Å². The first-order valence-electron chi connectivity index (χ1n) is 6.32. The van der Waals surface area contributed by atoms with Crippen molar-refractivity contribution in [1.82, 2.24) is 4.90 Å². The average Bonchev–Trinajstić information content (AvgIpc) is 2.73. The Balaban J connectivity index is 2.27. The summed E-state index contributed by atoms with van der Waals surface area (Å²) in [4.78, 5) is 14.6. The number of benzene rings is 1. The van der Waals surface area contributed by atoms with Crippen LogP contribution in [0.3, 0.4) is 0 Å². The Kier molecular flexibility index (Phi) is 4.33. The summed E-state index contributed by atoms with van der Waals surface area (Å²) in [6.45, 7) is 4.26. The molecule has 2 rings (SSSR count). The third-order valence-corrected chi connectivity index (χ3v) is 4.87.